The number of nitrogens with zero attached hydrogens (tertiary/aromatic N) is 4. The van der Waals surface area contributed by atoms with Crippen molar-refractivity contribution < 1.29 is 9.63 Å². The van der Waals surface area contributed by atoms with Crippen molar-refractivity contribution in [3.05, 3.63) is 28.2 Å². The molecule has 0 radical (unpaired) electrons. The van der Waals surface area contributed by atoms with Gasteiger partial charge in [0.05, 0.1) is 6.61 Å². The molecule has 1 N–H and O–H groups in total. The first kappa shape index (κ1) is 17.5. The smallest absolute Gasteiger partial charge is 0.324 e. The van der Waals surface area contributed by atoms with Crippen LogP contribution in [0.1, 0.15) is 12.8 Å². The zero-order chi connectivity index (χ0) is 17.1. The largest absolute Gasteiger partial charge is 0.395 e. The molecule has 2 aromatic rings. The summed E-state index contributed by atoms with van der Waals surface area (Å²) in [6.07, 6.45) is 1.99. The van der Waals surface area contributed by atoms with Gasteiger partial charge >= 0.3 is 6.01 Å². The Morgan fingerprint density at radius 2 is 1.92 bits per heavy atom. The number of aliphatic hydroxyl groups is 1. The van der Waals surface area contributed by atoms with E-state index in [-0.39, 0.29) is 6.61 Å². The number of aliphatic hydroxyl groups excluding tert-OH is 1. The molecule has 0 unspecified atom stereocenters. The van der Waals surface area contributed by atoms with Crippen molar-refractivity contribution in [3.8, 4) is 11.4 Å². The zero-order valence-corrected chi connectivity index (χ0v) is 15.0. The van der Waals surface area contributed by atoms with Crippen LogP contribution in [0.4, 0.5) is 6.01 Å². The lowest BCUT2D eigenvalue weighted by atomic mass is 10.0. The number of hydrogen-bond donors (Lipinski definition) is 1. The van der Waals surface area contributed by atoms with Crippen molar-refractivity contribution in [1.29, 1.82) is 0 Å². The lowest BCUT2D eigenvalue weighted by Gasteiger charge is -2.35. The average molecular weight is 371 g/mol. The molecule has 1 aliphatic rings. The summed E-state index contributed by atoms with van der Waals surface area (Å²) in [7, 11) is 2.05. The molecule has 130 valence electrons. The van der Waals surface area contributed by atoms with E-state index in [1.165, 1.54) is 0 Å². The van der Waals surface area contributed by atoms with Gasteiger partial charge in [-0.2, -0.15) is 4.98 Å². The Hall–Kier alpha value is -1.34. The van der Waals surface area contributed by atoms with Gasteiger partial charge < -0.3 is 19.4 Å². The molecule has 0 amide bonds. The fourth-order valence-corrected chi connectivity index (χ4v) is 3.51. The summed E-state index contributed by atoms with van der Waals surface area (Å²) >= 11 is 12.0. The van der Waals surface area contributed by atoms with E-state index < -0.39 is 0 Å². The van der Waals surface area contributed by atoms with Crippen LogP contribution in [0.15, 0.2) is 22.7 Å². The standard InChI is InChI=1S/C16H20Cl2N4O2/c1-21(6-7-23)14-2-4-22(5-3-14)16-19-15(20-24-16)11-8-12(17)10-13(18)9-11/h8-10,14,23H,2-7H2,1H3. The van der Waals surface area contributed by atoms with Crippen LogP contribution >= 0.6 is 23.2 Å². The van der Waals surface area contributed by atoms with Crippen LogP contribution in [0.25, 0.3) is 11.4 Å². The number of hydrogen-bond acceptors (Lipinski definition) is 6. The Kier molecular flexibility index (Phi) is 5.61. The van der Waals surface area contributed by atoms with Crippen molar-refractivity contribution in [2.45, 2.75) is 18.9 Å². The van der Waals surface area contributed by atoms with E-state index in [0.29, 0.717) is 34.5 Å². The van der Waals surface area contributed by atoms with Crippen molar-refractivity contribution >= 4 is 29.2 Å². The fraction of sp³-hybridized carbons (Fsp3) is 0.500. The highest BCUT2D eigenvalue weighted by Crippen LogP contribution is 2.28. The minimum absolute atomic E-state index is 0.186. The highest BCUT2D eigenvalue weighted by atomic mass is 35.5. The SMILES string of the molecule is CN(CCO)C1CCN(c2nc(-c3cc(Cl)cc(Cl)c3)no2)CC1. The first-order valence-electron chi connectivity index (χ1n) is 7.93. The first-order chi connectivity index (χ1) is 11.6. The van der Waals surface area contributed by atoms with Crippen molar-refractivity contribution in [1.82, 2.24) is 15.0 Å². The third-order valence-corrected chi connectivity index (χ3v) is 4.78. The number of aromatic nitrogens is 2. The van der Waals surface area contributed by atoms with E-state index in [1.807, 2.05) is 7.05 Å². The summed E-state index contributed by atoms with van der Waals surface area (Å²) in [5.74, 6) is 0.480. The molecule has 0 saturated carbocycles. The molecule has 24 heavy (non-hydrogen) atoms. The molecule has 3 rings (SSSR count). The van der Waals surface area contributed by atoms with Crippen LogP contribution in [0.2, 0.25) is 10.0 Å². The van der Waals surface area contributed by atoms with Crippen LogP contribution in [-0.4, -0.2) is 59.5 Å². The summed E-state index contributed by atoms with van der Waals surface area (Å²) < 4.78 is 5.41. The second-order valence-electron chi connectivity index (χ2n) is 5.98. The molecule has 1 fully saturated rings. The Labute approximate surface area is 151 Å². The second-order valence-corrected chi connectivity index (χ2v) is 6.85. The number of piperidine rings is 1. The monoisotopic (exact) mass is 370 g/mol. The van der Waals surface area contributed by atoms with Gasteiger partial charge in [-0.15, -0.1) is 0 Å². The van der Waals surface area contributed by atoms with Gasteiger partial charge in [-0.05, 0) is 38.1 Å². The molecule has 8 heteroatoms. The normalized spacial score (nSPS) is 16.1. The van der Waals surface area contributed by atoms with Gasteiger partial charge in [0.1, 0.15) is 0 Å². The molecule has 0 bridgehead atoms. The fourth-order valence-electron chi connectivity index (χ4n) is 2.98. The summed E-state index contributed by atoms with van der Waals surface area (Å²) in [4.78, 5) is 8.76. The average Bonchev–Trinajstić information content (AvgIpc) is 3.04. The summed E-state index contributed by atoms with van der Waals surface area (Å²) in [5.41, 5.74) is 0.736. The lowest BCUT2D eigenvalue weighted by molar-refractivity contribution is 0.160. The van der Waals surface area contributed by atoms with E-state index in [2.05, 4.69) is 19.9 Å². The summed E-state index contributed by atoms with van der Waals surface area (Å²) in [5, 5.41) is 14.2. The molecule has 1 saturated heterocycles. The maximum absolute atomic E-state index is 9.04. The Balaban J connectivity index is 1.66. The van der Waals surface area contributed by atoms with E-state index >= 15 is 0 Å². The minimum atomic E-state index is 0.186. The Bertz CT molecular complexity index is 666. The zero-order valence-electron chi connectivity index (χ0n) is 13.5. The maximum Gasteiger partial charge on any atom is 0.324 e. The summed E-state index contributed by atoms with van der Waals surface area (Å²) in [6.45, 7) is 2.58. The summed E-state index contributed by atoms with van der Waals surface area (Å²) in [6, 6.07) is 6.18. The predicted molar refractivity (Wildman–Crippen MR) is 94.7 cm³/mol. The highest BCUT2D eigenvalue weighted by molar-refractivity contribution is 6.35. The molecule has 0 atom stereocenters. The Morgan fingerprint density at radius 1 is 1.25 bits per heavy atom. The van der Waals surface area contributed by atoms with Crippen LogP contribution in [0, 0.1) is 0 Å². The lowest BCUT2D eigenvalue weighted by Crippen LogP contribution is -2.44. The van der Waals surface area contributed by atoms with Gasteiger partial charge in [-0.25, -0.2) is 0 Å². The minimum Gasteiger partial charge on any atom is -0.395 e. The van der Waals surface area contributed by atoms with E-state index in [9.17, 15) is 0 Å². The van der Waals surface area contributed by atoms with E-state index in [4.69, 9.17) is 32.8 Å². The first-order valence-corrected chi connectivity index (χ1v) is 8.68. The highest BCUT2D eigenvalue weighted by Gasteiger charge is 2.25. The van der Waals surface area contributed by atoms with E-state index in [1.54, 1.807) is 18.2 Å². The molecule has 1 aromatic heterocycles. The third kappa shape index (κ3) is 4.00. The van der Waals surface area contributed by atoms with Gasteiger partial charge in [-0.3, -0.25) is 0 Å². The van der Waals surface area contributed by atoms with Gasteiger partial charge in [-0.1, -0.05) is 28.4 Å². The second kappa shape index (κ2) is 7.70. The van der Waals surface area contributed by atoms with Crippen LogP contribution in [0.3, 0.4) is 0 Å². The number of likely N-dealkylation sites (N-methyl/N-ethyl adjacent to an activating group) is 1. The quantitative estimate of drug-likeness (QED) is 0.872. The molecule has 0 aliphatic carbocycles. The van der Waals surface area contributed by atoms with Crippen LogP contribution in [0.5, 0.6) is 0 Å². The van der Waals surface area contributed by atoms with Crippen LogP contribution < -0.4 is 4.90 Å². The van der Waals surface area contributed by atoms with Crippen molar-refractivity contribution in [2.24, 2.45) is 0 Å². The molecular formula is C16H20Cl2N4O2. The molecule has 2 heterocycles. The van der Waals surface area contributed by atoms with Gasteiger partial charge in [0, 0.05) is 41.3 Å². The maximum atomic E-state index is 9.04. The molecular weight excluding hydrogens is 351 g/mol. The molecule has 0 spiro atoms. The van der Waals surface area contributed by atoms with Gasteiger partial charge in [0.25, 0.3) is 0 Å². The molecule has 6 nitrogen and oxygen atoms in total. The van der Waals surface area contributed by atoms with Gasteiger partial charge in [0.15, 0.2) is 0 Å². The third-order valence-electron chi connectivity index (χ3n) is 4.35. The van der Waals surface area contributed by atoms with E-state index in [0.717, 1.165) is 31.5 Å². The number of benzene rings is 1. The van der Waals surface area contributed by atoms with Gasteiger partial charge in [0.2, 0.25) is 5.82 Å². The van der Waals surface area contributed by atoms with Crippen LogP contribution in [-0.2, 0) is 0 Å². The predicted octanol–water partition coefficient (Wildman–Crippen LogP) is 2.94. The van der Waals surface area contributed by atoms with Crippen molar-refractivity contribution in [3.63, 3.8) is 0 Å². The molecule has 1 aliphatic heterocycles. The topological polar surface area (TPSA) is 65.6 Å². The number of rotatable bonds is 5. The Morgan fingerprint density at radius 3 is 2.54 bits per heavy atom. The molecule has 1 aromatic carbocycles. The number of anilines is 1. The van der Waals surface area contributed by atoms with Crippen molar-refractivity contribution in [2.75, 3.05) is 38.2 Å². The number of halogens is 2.